The number of rotatable bonds is 4. The Morgan fingerprint density at radius 1 is 1.09 bits per heavy atom. The third kappa shape index (κ3) is 3.09. The molecule has 0 atom stereocenters. The highest BCUT2D eigenvalue weighted by molar-refractivity contribution is 6.07. The molecule has 0 aliphatic carbocycles. The highest BCUT2D eigenvalue weighted by Crippen LogP contribution is 2.25. The second-order valence-corrected chi connectivity index (χ2v) is 4.90. The standard InChI is InChI=1S/C17H17NO4/c1-11-9-14(22-3)7-8-15(11)18(2)16(19)12-5-4-6-13(10-12)17(20)21/h4-10H,1-3H3,(H,20,21). The number of carbonyl (C=O) groups excluding carboxylic acids is 1. The molecule has 0 saturated carbocycles. The van der Waals surface area contributed by atoms with Crippen LogP contribution in [-0.2, 0) is 0 Å². The lowest BCUT2D eigenvalue weighted by Crippen LogP contribution is -2.27. The maximum atomic E-state index is 12.5. The molecule has 5 nitrogen and oxygen atoms in total. The van der Waals surface area contributed by atoms with Gasteiger partial charge in [-0.15, -0.1) is 0 Å². The second kappa shape index (κ2) is 6.30. The number of anilines is 1. The fraction of sp³-hybridized carbons (Fsp3) is 0.176. The van der Waals surface area contributed by atoms with Crippen molar-refractivity contribution in [2.24, 2.45) is 0 Å². The summed E-state index contributed by atoms with van der Waals surface area (Å²) in [7, 11) is 3.24. The van der Waals surface area contributed by atoms with Gasteiger partial charge in [-0.1, -0.05) is 6.07 Å². The number of nitrogens with zero attached hydrogens (tertiary/aromatic N) is 1. The molecule has 0 fully saturated rings. The Balaban J connectivity index is 2.33. The molecule has 2 rings (SSSR count). The molecule has 0 bridgehead atoms. The van der Waals surface area contributed by atoms with E-state index < -0.39 is 5.97 Å². The molecule has 5 heteroatoms. The van der Waals surface area contributed by atoms with Crippen molar-refractivity contribution in [3.63, 3.8) is 0 Å². The Kier molecular flexibility index (Phi) is 4.46. The first-order valence-corrected chi connectivity index (χ1v) is 6.70. The zero-order valence-corrected chi connectivity index (χ0v) is 12.7. The molecule has 2 aromatic carbocycles. The summed E-state index contributed by atoms with van der Waals surface area (Å²) in [5.41, 5.74) is 2.06. The summed E-state index contributed by atoms with van der Waals surface area (Å²) in [6.45, 7) is 1.88. The van der Waals surface area contributed by atoms with Gasteiger partial charge in [-0.2, -0.15) is 0 Å². The van der Waals surface area contributed by atoms with Crippen LogP contribution in [0.3, 0.4) is 0 Å². The van der Waals surface area contributed by atoms with Crippen LogP contribution < -0.4 is 9.64 Å². The third-order valence-corrected chi connectivity index (χ3v) is 3.43. The van der Waals surface area contributed by atoms with Gasteiger partial charge in [-0.05, 0) is 48.9 Å². The largest absolute Gasteiger partial charge is 0.497 e. The lowest BCUT2D eigenvalue weighted by atomic mass is 10.1. The Hall–Kier alpha value is -2.82. The first-order valence-electron chi connectivity index (χ1n) is 6.70. The van der Waals surface area contributed by atoms with Crippen LogP contribution >= 0.6 is 0 Å². The van der Waals surface area contributed by atoms with Crippen molar-refractivity contribution >= 4 is 17.6 Å². The summed E-state index contributed by atoms with van der Waals surface area (Å²) < 4.78 is 5.15. The zero-order chi connectivity index (χ0) is 16.3. The molecule has 0 radical (unpaired) electrons. The molecule has 1 N–H and O–H groups in total. The summed E-state index contributed by atoms with van der Waals surface area (Å²) in [5.74, 6) is -0.607. The van der Waals surface area contributed by atoms with Crippen LogP contribution in [0.2, 0.25) is 0 Å². The number of aryl methyl sites for hydroxylation is 1. The molecule has 0 aliphatic rings. The number of methoxy groups -OCH3 is 1. The molecule has 2 aromatic rings. The first-order chi connectivity index (χ1) is 10.4. The number of ether oxygens (including phenoxy) is 1. The van der Waals surface area contributed by atoms with Crippen molar-refractivity contribution in [2.45, 2.75) is 6.92 Å². The number of carbonyl (C=O) groups is 2. The van der Waals surface area contributed by atoms with Crippen molar-refractivity contribution in [1.82, 2.24) is 0 Å². The Bertz CT molecular complexity index is 724. The maximum absolute atomic E-state index is 12.5. The molecule has 0 aliphatic heterocycles. The normalized spacial score (nSPS) is 10.1. The number of carboxylic acid groups (broad SMARTS) is 1. The number of aromatic carboxylic acids is 1. The average molecular weight is 299 g/mol. The Labute approximate surface area is 128 Å². The second-order valence-electron chi connectivity index (χ2n) is 4.90. The predicted molar refractivity (Wildman–Crippen MR) is 83.9 cm³/mol. The topological polar surface area (TPSA) is 66.8 Å². The summed E-state index contributed by atoms with van der Waals surface area (Å²) in [5, 5.41) is 9.01. The van der Waals surface area contributed by atoms with Crippen LogP contribution in [0.4, 0.5) is 5.69 Å². The van der Waals surface area contributed by atoms with Crippen molar-refractivity contribution < 1.29 is 19.4 Å². The van der Waals surface area contributed by atoms with Gasteiger partial charge in [0, 0.05) is 18.3 Å². The van der Waals surface area contributed by atoms with Crippen LogP contribution in [-0.4, -0.2) is 31.1 Å². The molecule has 114 valence electrons. The number of carboxylic acids is 1. The maximum Gasteiger partial charge on any atom is 0.335 e. The van der Waals surface area contributed by atoms with Crippen molar-refractivity contribution in [2.75, 3.05) is 19.1 Å². The van der Waals surface area contributed by atoms with Gasteiger partial charge in [0.15, 0.2) is 0 Å². The van der Waals surface area contributed by atoms with E-state index in [2.05, 4.69) is 0 Å². The molecule has 0 spiro atoms. The van der Waals surface area contributed by atoms with E-state index in [-0.39, 0.29) is 11.5 Å². The minimum absolute atomic E-state index is 0.0886. The van der Waals surface area contributed by atoms with E-state index in [0.717, 1.165) is 17.0 Å². The molecule has 0 unspecified atom stereocenters. The SMILES string of the molecule is COc1ccc(N(C)C(=O)c2cccc(C(=O)O)c2)c(C)c1. The van der Waals surface area contributed by atoms with E-state index in [9.17, 15) is 9.59 Å². The quantitative estimate of drug-likeness (QED) is 0.942. The molecule has 0 saturated heterocycles. The highest BCUT2D eigenvalue weighted by Gasteiger charge is 2.17. The summed E-state index contributed by atoms with van der Waals surface area (Å²) >= 11 is 0. The Morgan fingerprint density at radius 3 is 2.36 bits per heavy atom. The van der Waals surface area contributed by atoms with E-state index in [1.165, 1.54) is 17.0 Å². The third-order valence-electron chi connectivity index (χ3n) is 3.43. The molecular weight excluding hydrogens is 282 g/mol. The fourth-order valence-electron chi connectivity index (χ4n) is 2.22. The summed E-state index contributed by atoms with van der Waals surface area (Å²) in [6, 6.07) is 11.4. The fourth-order valence-corrected chi connectivity index (χ4v) is 2.22. The van der Waals surface area contributed by atoms with Crippen molar-refractivity contribution in [3.8, 4) is 5.75 Å². The predicted octanol–water partition coefficient (Wildman–Crippen LogP) is 2.98. The lowest BCUT2D eigenvalue weighted by Gasteiger charge is -2.20. The van der Waals surface area contributed by atoms with Gasteiger partial charge in [0.1, 0.15) is 5.75 Å². The zero-order valence-electron chi connectivity index (χ0n) is 12.7. The smallest absolute Gasteiger partial charge is 0.335 e. The van der Waals surface area contributed by atoms with E-state index in [1.807, 2.05) is 13.0 Å². The van der Waals surface area contributed by atoms with E-state index in [1.54, 1.807) is 38.4 Å². The average Bonchev–Trinajstić information content (AvgIpc) is 2.53. The molecule has 22 heavy (non-hydrogen) atoms. The Morgan fingerprint density at radius 2 is 1.77 bits per heavy atom. The van der Waals surface area contributed by atoms with E-state index in [4.69, 9.17) is 9.84 Å². The van der Waals surface area contributed by atoms with Gasteiger partial charge in [0.05, 0.1) is 12.7 Å². The van der Waals surface area contributed by atoms with Gasteiger partial charge >= 0.3 is 5.97 Å². The van der Waals surface area contributed by atoms with Crippen LogP contribution in [0.5, 0.6) is 5.75 Å². The molecule has 0 aromatic heterocycles. The molecule has 0 heterocycles. The van der Waals surface area contributed by atoms with Gasteiger partial charge in [0.25, 0.3) is 5.91 Å². The van der Waals surface area contributed by atoms with Crippen LogP contribution in [0.25, 0.3) is 0 Å². The minimum Gasteiger partial charge on any atom is -0.497 e. The van der Waals surface area contributed by atoms with Crippen LogP contribution in [0.1, 0.15) is 26.3 Å². The summed E-state index contributed by atoms with van der Waals surface area (Å²) in [4.78, 5) is 25.0. The number of amides is 1. The van der Waals surface area contributed by atoms with Gasteiger partial charge in [-0.3, -0.25) is 4.79 Å². The first kappa shape index (κ1) is 15.6. The molecular formula is C17H17NO4. The minimum atomic E-state index is -1.06. The van der Waals surface area contributed by atoms with Crippen molar-refractivity contribution in [1.29, 1.82) is 0 Å². The molecule has 1 amide bonds. The van der Waals surface area contributed by atoms with Gasteiger partial charge in [-0.25, -0.2) is 4.79 Å². The monoisotopic (exact) mass is 299 g/mol. The van der Waals surface area contributed by atoms with E-state index >= 15 is 0 Å². The summed E-state index contributed by atoms with van der Waals surface area (Å²) in [6.07, 6.45) is 0. The lowest BCUT2D eigenvalue weighted by molar-refractivity contribution is 0.0697. The van der Waals surface area contributed by atoms with Gasteiger partial charge < -0.3 is 14.7 Å². The number of hydrogen-bond donors (Lipinski definition) is 1. The highest BCUT2D eigenvalue weighted by atomic mass is 16.5. The number of benzene rings is 2. The van der Waals surface area contributed by atoms with Crippen LogP contribution in [0.15, 0.2) is 42.5 Å². The van der Waals surface area contributed by atoms with Crippen LogP contribution in [0, 0.1) is 6.92 Å². The number of hydrogen-bond acceptors (Lipinski definition) is 3. The van der Waals surface area contributed by atoms with Gasteiger partial charge in [0.2, 0.25) is 0 Å². The van der Waals surface area contributed by atoms with E-state index in [0.29, 0.717) is 5.56 Å². The van der Waals surface area contributed by atoms with Crippen molar-refractivity contribution in [3.05, 3.63) is 59.2 Å².